The van der Waals surface area contributed by atoms with Crippen molar-refractivity contribution in [3.63, 3.8) is 0 Å². The summed E-state index contributed by atoms with van der Waals surface area (Å²) < 4.78 is 5.00. The number of allylic oxidation sites excluding steroid dienone is 4. The number of anilines is 1. The summed E-state index contributed by atoms with van der Waals surface area (Å²) in [6.45, 7) is 9.49. The minimum atomic E-state index is -0.477. The van der Waals surface area contributed by atoms with E-state index in [2.05, 4.69) is 11.6 Å². The predicted molar refractivity (Wildman–Crippen MR) is 139 cm³/mol. The van der Waals surface area contributed by atoms with E-state index in [1.54, 1.807) is 31.2 Å². The van der Waals surface area contributed by atoms with Crippen LogP contribution in [0.1, 0.15) is 32.8 Å². The molecule has 0 bridgehead atoms. The van der Waals surface area contributed by atoms with Gasteiger partial charge in [0.05, 0.1) is 12.2 Å². The molecule has 2 aliphatic rings. The molecule has 8 nitrogen and oxygen atoms in total. The van der Waals surface area contributed by atoms with Gasteiger partial charge in [-0.25, -0.2) is 4.99 Å². The lowest BCUT2D eigenvalue weighted by atomic mass is 10.1. The van der Waals surface area contributed by atoms with Crippen LogP contribution in [0, 0.1) is 0 Å². The molecule has 2 heterocycles. The summed E-state index contributed by atoms with van der Waals surface area (Å²) in [7, 11) is 1.86. The number of fused-ring (bicyclic) bond motifs is 1. The SMILES string of the molecule is C=C/C=C\N(C)C1=CCC=C(C(=O)N2CC(=O)N(CC(=O)OCC)Cc3ccccc32)C=N1.CC. The van der Waals surface area contributed by atoms with Gasteiger partial charge >= 0.3 is 5.97 Å². The number of carbonyl (C=O) groups is 3. The summed E-state index contributed by atoms with van der Waals surface area (Å²) in [4.78, 5) is 47.6. The number of amides is 2. The van der Waals surface area contributed by atoms with Gasteiger partial charge in [0, 0.05) is 31.7 Å². The Morgan fingerprint density at radius 1 is 1.20 bits per heavy atom. The van der Waals surface area contributed by atoms with Crippen LogP contribution in [0.4, 0.5) is 5.69 Å². The van der Waals surface area contributed by atoms with Crippen molar-refractivity contribution in [3.8, 4) is 0 Å². The van der Waals surface area contributed by atoms with Gasteiger partial charge in [0.2, 0.25) is 5.91 Å². The Morgan fingerprint density at radius 2 is 1.94 bits per heavy atom. The summed E-state index contributed by atoms with van der Waals surface area (Å²) in [5.74, 6) is -0.432. The molecule has 0 unspecified atom stereocenters. The van der Waals surface area contributed by atoms with Crippen molar-refractivity contribution >= 4 is 29.7 Å². The number of hydrogen-bond acceptors (Lipinski definition) is 6. The Morgan fingerprint density at radius 3 is 2.66 bits per heavy atom. The minimum Gasteiger partial charge on any atom is -0.465 e. The summed E-state index contributed by atoms with van der Waals surface area (Å²) in [6.07, 6.45) is 11.0. The lowest BCUT2D eigenvalue weighted by Gasteiger charge is -2.22. The van der Waals surface area contributed by atoms with E-state index >= 15 is 0 Å². The molecule has 0 aromatic heterocycles. The zero-order valence-corrected chi connectivity index (χ0v) is 20.9. The van der Waals surface area contributed by atoms with Crippen molar-refractivity contribution in [2.45, 2.75) is 33.7 Å². The molecule has 0 aliphatic carbocycles. The summed E-state index contributed by atoms with van der Waals surface area (Å²) in [5.41, 5.74) is 1.81. The van der Waals surface area contributed by atoms with Crippen LogP contribution in [0.2, 0.25) is 0 Å². The molecule has 0 spiro atoms. The maximum Gasteiger partial charge on any atom is 0.325 e. The molecule has 0 N–H and O–H groups in total. The van der Waals surface area contributed by atoms with E-state index in [1.807, 2.05) is 56.3 Å². The number of hydrogen-bond donors (Lipinski definition) is 0. The average molecular weight is 479 g/mol. The fourth-order valence-corrected chi connectivity index (χ4v) is 3.54. The minimum absolute atomic E-state index is 0.162. The van der Waals surface area contributed by atoms with E-state index in [0.29, 0.717) is 23.5 Å². The molecule has 186 valence electrons. The number of para-hydroxylation sites is 1. The molecule has 0 saturated heterocycles. The number of esters is 1. The Labute approximate surface area is 207 Å². The number of nitrogens with zero attached hydrogens (tertiary/aromatic N) is 4. The molecule has 0 radical (unpaired) electrons. The van der Waals surface area contributed by atoms with Gasteiger partial charge in [-0.3, -0.25) is 19.3 Å². The molecule has 0 fully saturated rings. The van der Waals surface area contributed by atoms with E-state index in [0.717, 1.165) is 5.56 Å². The highest BCUT2D eigenvalue weighted by atomic mass is 16.5. The van der Waals surface area contributed by atoms with Crippen LogP contribution >= 0.6 is 0 Å². The third-order valence-electron chi connectivity index (χ3n) is 5.19. The normalized spacial score (nSPS) is 15.1. The number of carbonyl (C=O) groups excluding carboxylic acids is 3. The average Bonchev–Trinajstić information content (AvgIpc) is 3.20. The van der Waals surface area contributed by atoms with Crippen molar-refractivity contribution in [1.29, 1.82) is 0 Å². The smallest absolute Gasteiger partial charge is 0.325 e. The first-order valence-electron chi connectivity index (χ1n) is 11.7. The van der Waals surface area contributed by atoms with E-state index in [1.165, 1.54) is 16.0 Å². The molecule has 1 aromatic rings. The van der Waals surface area contributed by atoms with E-state index in [4.69, 9.17) is 4.74 Å². The van der Waals surface area contributed by atoms with Gasteiger partial charge < -0.3 is 14.5 Å². The molecule has 2 aliphatic heterocycles. The number of benzene rings is 1. The molecule has 8 heteroatoms. The third-order valence-corrected chi connectivity index (χ3v) is 5.19. The van der Waals surface area contributed by atoms with Gasteiger partial charge in [-0.2, -0.15) is 0 Å². The fourth-order valence-electron chi connectivity index (χ4n) is 3.54. The number of ether oxygens (including phenoxy) is 1. The molecular weight excluding hydrogens is 444 g/mol. The fraction of sp³-hybridized carbons (Fsp3) is 0.333. The molecular formula is C27H34N4O4. The first kappa shape index (κ1) is 27.3. The first-order valence-corrected chi connectivity index (χ1v) is 11.7. The van der Waals surface area contributed by atoms with E-state index in [9.17, 15) is 14.4 Å². The zero-order chi connectivity index (χ0) is 25.8. The Hall–Kier alpha value is -3.94. The Bertz CT molecular complexity index is 1060. The van der Waals surface area contributed by atoms with Crippen LogP contribution in [-0.2, 0) is 25.7 Å². The molecule has 35 heavy (non-hydrogen) atoms. The van der Waals surface area contributed by atoms with Gasteiger partial charge in [0.25, 0.3) is 5.91 Å². The highest BCUT2D eigenvalue weighted by Crippen LogP contribution is 2.27. The lowest BCUT2D eigenvalue weighted by molar-refractivity contribution is -0.148. The Kier molecular flexibility index (Phi) is 10.7. The maximum atomic E-state index is 13.5. The van der Waals surface area contributed by atoms with Crippen LogP contribution in [0.25, 0.3) is 0 Å². The monoisotopic (exact) mass is 478 g/mol. The topological polar surface area (TPSA) is 82.5 Å². The summed E-state index contributed by atoms with van der Waals surface area (Å²) in [6, 6.07) is 7.32. The van der Waals surface area contributed by atoms with E-state index < -0.39 is 5.97 Å². The Balaban J connectivity index is 0.00000210. The van der Waals surface area contributed by atoms with Crippen LogP contribution < -0.4 is 4.90 Å². The van der Waals surface area contributed by atoms with E-state index in [-0.39, 0.29) is 38.1 Å². The molecule has 1 aromatic carbocycles. The summed E-state index contributed by atoms with van der Waals surface area (Å²) in [5, 5.41) is 0. The summed E-state index contributed by atoms with van der Waals surface area (Å²) >= 11 is 0. The second-order valence-corrected chi connectivity index (χ2v) is 7.48. The van der Waals surface area contributed by atoms with Gasteiger partial charge in [-0.1, -0.05) is 50.8 Å². The second-order valence-electron chi connectivity index (χ2n) is 7.48. The molecule has 2 amide bonds. The molecule has 0 saturated carbocycles. The van der Waals surface area contributed by atoms with Gasteiger partial charge in [-0.15, -0.1) is 0 Å². The largest absolute Gasteiger partial charge is 0.465 e. The molecule has 3 rings (SSSR count). The van der Waals surface area contributed by atoms with Gasteiger partial charge in [0.1, 0.15) is 18.9 Å². The molecule has 0 atom stereocenters. The predicted octanol–water partition coefficient (Wildman–Crippen LogP) is 3.82. The second kappa shape index (κ2) is 13.7. The highest BCUT2D eigenvalue weighted by Gasteiger charge is 2.31. The quantitative estimate of drug-likeness (QED) is 0.440. The van der Waals surface area contributed by atoms with Crippen LogP contribution in [0.5, 0.6) is 0 Å². The van der Waals surface area contributed by atoms with Crippen molar-refractivity contribution in [2.75, 3.05) is 31.6 Å². The standard InChI is InChI=1S/C25H28N4O4.C2H6/c1-4-6-14-27(3)22-13-9-11-19(15-26-22)25(32)29-17-23(30)28(18-24(31)33-5-2)16-20-10-7-8-12-21(20)29;1-2/h4,6-8,10-15H,1,5,9,16-18H2,2-3H3;1-2H3/b14-6-;. The van der Waals surface area contributed by atoms with Gasteiger partial charge in [0.15, 0.2) is 0 Å². The van der Waals surface area contributed by atoms with Crippen LogP contribution in [-0.4, -0.2) is 60.5 Å². The lowest BCUT2D eigenvalue weighted by Crippen LogP contribution is -2.42. The van der Waals surface area contributed by atoms with Crippen molar-refractivity contribution < 1.29 is 19.1 Å². The zero-order valence-electron chi connectivity index (χ0n) is 20.9. The third kappa shape index (κ3) is 7.27. The van der Waals surface area contributed by atoms with Crippen molar-refractivity contribution in [1.82, 2.24) is 9.80 Å². The maximum absolute atomic E-state index is 13.5. The number of rotatable bonds is 7. The van der Waals surface area contributed by atoms with Crippen LogP contribution in [0.15, 0.2) is 77.7 Å². The van der Waals surface area contributed by atoms with Crippen LogP contribution in [0.3, 0.4) is 0 Å². The van der Waals surface area contributed by atoms with Crippen molar-refractivity contribution in [3.05, 3.63) is 78.3 Å². The van der Waals surface area contributed by atoms with Gasteiger partial charge in [-0.05, 0) is 37.1 Å². The van der Waals surface area contributed by atoms with Crippen molar-refractivity contribution in [2.24, 2.45) is 4.99 Å². The first-order chi connectivity index (χ1) is 16.9. The highest BCUT2D eigenvalue weighted by molar-refractivity contribution is 6.20. The number of aliphatic imine (C=N–C) groups is 1.